The Balaban J connectivity index is 1.22. The summed E-state index contributed by atoms with van der Waals surface area (Å²) in [5.41, 5.74) is 3.29. The highest BCUT2D eigenvalue weighted by atomic mass is 15.3. The van der Waals surface area contributed by atoms with E-state index >= 15 is 0 Å². The van der Waals surface area contributed by atoms with E-state index in [9.17, 15) is 0 Å². The van der Waals surface area contributed by atoms with E-state index in [1.165, 1.54) is 44.2 Å². The summed E-state index contributed by atoms with van der Waals surface area (Å²) in [6, 6.07) is 12.5. The van der Waals surface area contributed by atoms with Crippen LogP contribution >= 0.6 is 0 Å². The third-order valence-corrected chi connectivity index (χ3v) is 7.58. The monoisotopic (exact) mass is 402 g/mol. The lowest BCUT2D eigenvalue weighted by Gasteiger charge is -2.55. The number of fused-ring (bicyclic) bond motifs is 5. The molecule has 156 valence electrons. The van der Waals surface area contributed by atoms with Crippen LogP contribution in [0.1, 0.15) is 31.2 Å². The molecule has 3 fully saturated rings. The minimum atomic E-state index is 0.698. The molecule has 3 aliphatic rings. The summed E-state index contributed by atoms with van der Waals surface area (Å²) >= 11 is 0. The van der Waals surface area contributed by atoms with E-state index in [0.29, 0.717) is 18.0 Å². The molecule has 30 heavy (non-hydrogen) atoms. The number of anilines is 1. The van der Waals surface area contributed by atoms with Crippen LogP contribution in [0.25, 0.3) is 11.2 Å². The van der Waals surface area contributed by atoms with Crippen LogP contribution in [0.15, 0.2) is 42.9 Å². The molecule has 3 aromatic rings. The van der Waals surface area contributed by atoms with Crippen molar-refractivity contribution >= 4 is 17.1 Å². The van der Waals surface area contributed by atoms with Gasteiger partial charge >= 0.3 is 0 Å². The van der Waals surface area contributed by atoms with Gasteiger partial charge in [0.25, 0.3) is 0 Å². The maximum absolute atomic E-state index is 4.79. The largest absolute Gasteiger partial charge is 0.340 e. The van der Waals surface area contributed by atoms with Gasteiger partial charge in [0, 0.05) is 38.8 Å². The lowest BCUT2D eigenvalue weighted by molar-refractivity contribution is -0.0188. The van der Waals surface area contributed by atoms with E-state index in [0.717, 1.165) is 36.1 Å². The fourth-order valence-corrected chi connectivity index (χ4v) is 6.24. The van der Waals surface area contributed by atoms with Gasteiger partial charge in [0.1, 0.15) is 5.52 Å². The molecule has 3 saturated heterocycles. The zero-order chi connectivity index (χ0) is 20.1. The van der Waals surface area contributed by atoms with Gasteiger partial charge in [-0.05, 0) is 43.1 Å². The molecule has 1 aromatic carbocycles. The second-order valence-electron chi connectivity index (χ2n) is 9.54. The van der Waals surface area contributed by atoms with Crippen LogP contribution in [-0.2, 0) is 13.5 Å². The predicted octanol–water partition coefficient (Wildman–Crippen LogP) is 3.29. The Morgan fingerprint density at radius 2 is 1.93 bits per heavy atom. The quantitative estimate of drug-likeness (QED) is 0.673. The number of imidazole rings is 1. The Hall–Kier alpha value is -2.47. The van der Waals surface area contributed by atoms with Gasteiger partial charge in [0.2, 0.25) is 5.95 Å². The normalized spacial score (nSPS) is 29.2. The Morgan fingerprint density at radius 3 is 2.83 bits per heavy atom. The molecule has 2 bridgehead atoms. The second kappa shape index (κ2) is 7.34. The maximum atomic E-state index is 4.79. The van der Waals surface area contributed by atoms with Gasteiger partial charge in [-0.1, -0.05) is 36.8 Å². The zero-order valence-electron chi connectivity index (χ0n) is 17.7. The first kappa shape index (κ1) is 18.3. The first-order chi connectivity index (χ1) is 14.7. The number of hydrogen-bond donors (Lipinski definition) is 0. The molecule has 0 saturated carbocycles. The molecule has 2 aromatic heterocycles. The van der Waals surface area contributed by atoms with Crippen LogP contribution in [0.5, 0.6) is 0 Å². The van der Waals surface area contributed by atoms with Gasteiger partial charge in [0.05, 0.1) is 12.5 Å². The Labute approximate surface area is 177 Å². The van der Waals surface area contributed by atoms with Crippen molar-refractivity contribution in [2.24, 2.45) is 18.9 Å². The number of aryl methyl sites for hydroxylation is 1. The molecule has 0 N–H and O–H groups in total. The van der Waals surface area contributed by atoms with Crippen LogP contribution < -0.4 is 4.90 Å². The molecule has 0 aliphatic carbocycles. The predicted molar refractivity (Wildman–Crippen MR) is 118 cm³/mol. The van der Waals surface area contributed by atoms with E-state index in [4.69, 9.17) is 9.97 Å². The van der Waals surface area contributed by atoms with Crippen molar-refractivity contribution in [2.45, 2.75) is 44.2 Å². The minimum absolute atomic E-state index is 0.698. The summed E-state index contributed by atoms with van der Waals surface area (Å²) in [6.07, 6.45) is 10.3. The average molecular weight is 403 g/mol. The Kier molecular flexibility index (Phi) is 4.48. The summed E-state index contributed by atoms with van der Waals surface area (Å²) in [4.78, 5) is 19.3. The summed E-state index contributed by atoms with van der Waals surface area (Å²) in [6.45, 7) is 3.37. The number of hydrogen-bond acceptors (Lipinski definition) is 5. The number of piperidine rings is 3. The Bertz CT molecular complexity index is 1030. The van der Waals surface area contributed by atoms with Crippen molar-refractivity contribution in [3.8, 4) is 0 Å². The summed E-state index contributed by atoms with van der Waals surface area (Å²) in [5.74, 6) is 2.29. The van der Waals surface area contributed by atoms with Crippen LogP contribution in [-0.4, -0.2) is 56.1 Å². The van der Waals surface area contributed by atoms with Gasteiger partial charge in [-0.3, -0.25) is 4.90 Å². The molecular weight excluding hydrogens is 372 g/mol. The van der Waals surface area contributed by atoms with Crippen molar-refractivity contribution in [2.75, 3.05) is 24.5 Å². The molecule has 5 heterocycles. The van der Waals surface area contributed by atoms with E-state index in [-0.39, 0.29) is 0 Å². The number of benzene rings is 1. The third kappa shape index (κ3) is 3.18. The van der Waals surface area contributed by atoms with Crippen molar-refractivity contribution < 1.29 is 0 Å². The molecule has 6 heteroatoms. The first-order valence-corrected chi connectivity index (χ1v) is 11.4. The highest BCUT2D eigenvalue weighted by molar-refractivity contribution is 5.70. The molecule has 0 unspecified atom stereocenters. The summed E-state index contributed by atoms with van der Waals surface area (Å²) in [5, 5.41) is 0. The Morgan fingerprint density at radius 1 is 1.03 bits per heavy atom. The van der Waals surface area contributed by atoms with Crippen molar-refractivity contribution in [1.29, 1.82) is 0 Å². The second-order valence-corrected chi connectivity index (χ2v) is 9.54. The molecule has 0 amide bonds. The highest BCUT2D eigenvalue weighted by Gasteiger charge is 2.45. The number of nitrogens with zero attached hydrogens (tertiary/aromatic N) is 6. The molecule has 6 nitrogen and oxygen atoms in total. The zero-order valence-corrected chi connectivity index (χ0v) is 17.7. The maximum Gasteiger partial charge on any atom is 0.227 e. The smallest absolute Gasteiger partial charge is 0.227 e. The summed E-state index contributed by atoms with van der Waals surface area (Å²) < 4.78 is 1.98. The third-order valence-electron chi connectivity index (χ3n) is 7.58. The molecule has 3 aliphatic heterocycles. The lowest BCUT2D eigenvalue weighted by atomic mass is 9.74. The van der Waals surface area contributed by atoms with Gasteiger partial charge in [0.15, 0.2) is 5.65 Å². The molecule has 6 rings (SSSR count). The molecule has 0 spiro atoms. The van der Waals surface area contributed by atoms with Crippen molar-refractivity contribution in [1.82, 2.24) is 24.4 Å². The fourth-order valence-electron chi connectivity index (χ4n) is 6.24. The van der Waals surface area contributed by atoms with Crippen molar-refractivity contribution in [3.05, 3.63) is 48.4 Å². The lowest BCUT2D eigenvalue weighted by Crippen LogP contribution is -2.62. The van der Waals surface area contributed by atoms with Crippen molar-refractivity contribution in [3.63, 3.8) is 0 Å². The van der Waals surface area contributed by atoms with Gasteiger partial charge in [-0.15, -0.1) is 0 Å². The molecule has 0 radical (unpaired) electrons. The van der Waals surface area contributed by atoms with Crippen LogP contribution in [0.2, 0.25) is 0 Å². The van der Waals surface area contributed by atoms with Crippen LogP contribution in [0, 0.1) is 11.8 Å². The SMILES string of the molecule is Cn1cnc2nc(N3C[C@@H]4C[C@H](C3)[C@@H]3CCC[C@H](Cc5ccccc5)N3C4)ncc21. The summed E-state index contributed by atoms with van der Waals surface area (Å²) in [7, 11) is 1.99. The fraction of sp³-hybridized carbons (Fsp3) is 0.542. The average Bonchev–Trinajstić information content (AvgIpc) is 3.15. The number of rotatable bonds is 3. The first-order valence-electron chi connectivity index (χ1n) is 11.4. The van der Waals surface area contributed by atoms with Gasteiger partial charge in [-0.2, -0.15) is 4.98 Å². The standard InChI is InChI=1S/C24H30N6/c1-28-16-26-23-22(28)12-25-24(27-23)29-13-18-10-19(15-29)21-9-5-8-20(30(21)14-18)11-17-6-3-2-4-7-17/h2-4,6-7,12,16,18-21H,5,8-11,13-15H2,1H3/t18-,19+,20+,21-/m0/s1. The van der Waals surface area contributed by atoms with E-state index in [1.807, 2.05) is 24.1 Å². The highest BCUT2D eigenvalue weighted by Crippen LogP contribution is 2.41. The van der Waals surface area contributed by atoms with Gasteiger partial charge in [-0.25, -0.2) is 9.97 Å². The topological polar surface area (TPSA) is 50.1 Å². The van der Waals surface area contributed by atoms with E-state index in [1.54, 1.807) is 0 Å². The van der Waals surface area contributed by atoms with Crippen LogP contribution in [0.4, 0.5) is 5.95 Å². The minimum Gasteiger partial charge on any atom is -0.340 e. The molecular formula is C24H30N6. The number of aromatic nitrogens is 4. The van der Waals surface area contributed by atoms with Gasteiger partial charge < -0.3 is 9.47 Å². The van der Waals surface area contributed by atoms with E-state index in [2.05, 4.69) is 45.1 Å². The van der Waals surface area contributed by atoms with Crippen LogP contribution in [0.3, 0.4) is 0 Å². The van der Waals surface area contributed by atoms with E-state index < -0.39 is 0 Å². The molecule has 4 atom stereocenters.